The van der Waals surface area contributed by atoms with Gasteiger partial charge in [0.15, 0.2) is 5.16 Å². The molecule has 12 heavy (non-hydrogen) atoms. The molecule has 1 aromatic rings. The maximum Gasteiger partial charge on any atom is 0.343 e. The third kappa shape index (κ3) is 2.38. The lowest BCUT2D eigenvalue weighted by atomic mass is 10.6. The van der Waals surface area contributed by atoms with Gasteiger partial charge in [0.05, 0.1) is 0 Å². The fourth-order valence-electron chi connectivity index (χ4n) is 0.680. The van der Waals surface area contributed by atoms with Crippen molar-refractivity contribution in [3.05, 3.63) is 10.5 Å². The van der Waals surface area contributed by atoms with Gasteiger partial charge in [-0.2, -0.15) is 0 Å². The Morgan fingerprint density at radius 1 is 1.75 bits per heavy atom. The number of nitrogens with zero attached hydrogens (tertiary/aromatic N) is 2. The predicted octanol–water partition coefficient (Wildman–Crippen LogP) is 0.985. The molecule has 1 aromatic heterocycles. The molecular formula is C6H10BrN3OS. The van der Waals surface area contributed by atoms with Crippen molar-refractivity contribution >= 4 is 27.7 Å². The van der Waals surface area contributed by atoms with E-state index in [0.29, 0.717) is 0 Å². The Kier molecular flexibility index (Phi) is 3.87. The highest BCUT2D eigenvalue weighted by atomic mass is 79.9. The lowest BCUT2D eigenvalue weighted by molar-refractivity contribution is 0.765. The number of nitrogens with one attached hydrogen (secondary N) is 1. The van der Waals surface area contributed by atoms with E-state index in [2.05, 4.69) is 26.1 Å². The minimum Gasteiger partial charge on any atom is -0.273 e. The van der Waals surface area contributed by atoms with Crippen LogP contribution in [0.2, 0.25) is 0 Å². The molecule has 0 spiro atoms. The molecule has 1 rings (SSSR count). The second-order valence-corrected chi connectivity index (χ2v) is 4.12. The van der Waals surface area contributed by atoms with Gasteiger partial charge in [0.2, 0.25) is 0 Å². The van der Waals surface area contributed by atoms with Gasteiger partial charge in [-0.3, -0.25) is 4.57 Å². The average Bonchev–Trinajstić information content (AvgIpc) is 2.36. The van der Waals surface area contributed by atoms with E-state index in [4.69, 9.17) is 0 Å². The van der Waals surface area contributed by atoms with Crippen LogP contribution in [0.25, 0.3) is 0 Å². The summed E-state index contributed by atoms with van der Waals surface area (Å²) in [5.74, 6) is 0.976. The Morgan fingerprint density at radius 2 is 2.50 bits per heavy atom. The topological polar surface area (TPSA) is 50.7 Å². The summed E-state index contributed by atoms with van der Waals surface area (Å²) < 4.78 is 1.51. The highest BCUT2D eigenvalue weighted by Gasteiger charge is 2.02. The van der Waals surface area contributed by atoms with Crippen LogP contribution < -0.4 is 5.69 Å². The summed E-state index contributed by atoms with van der Waals surface area (Å²) in [6.07, 6.45) is 1.08. The highest BCUT2D eigenvalue weighted by Crippen LogP contribution is 2.13. The Hall–Kier alpha value is -0.230. The molecule has 0 aliphatic heterocycles. The normalized spacial score (nSPS) is 10.5. The molecule has 0 bridgehead atoms. The molecule has 0 fully saturated rings. The van der Waals surface area contributed by atoms with Crippen LogP contribution in [0.15, 0.2) is 9.95 Å². The van der Waals surface area contributed by atoms with Crippen LogP contribution in [0, 0.1) is 0 Å². The fraction of sp³-hybridized carbons (Fsp3) is 0.667. The summed E-state index contributed by atoms with van der Waals surface area (Å²) in [5, 5.41) is 7.98. The van der Waals surface area contributed by atoms with Crippen LogP contribution in [-0.4, -0.2) is 25.8 Å². The molecule has 0 radical (unpaired) electrons. The summed E-state index contributed by atoms with van der Waals surface area (Å²) in [6.45, 7) is 0. The number of rotatable bonds is 4. The largest absolute Gasteiger partial charge is 0.343 e. The molecule has 6 heteroatoms. The number of aromatic amines is 1. The quantitative estimate of drug-likeness (QED) is 0.494. The Balaban J connectivity index is 2.52. The van der Waals surface area contributed by atoms with Gasteiger partial charge in [-0.15, -0.1) is 5.10 Å². The van der Waals surface area contributed by atoms with Crippen LogP contribution in [-0.2, 0) is 7.05 Å². The van der Waals surface area contributed by atoms with Gasteiger partial charge < -0.3 is 0 Å². The molecule has 4 nitrogen and oxygen atoms in total. The molecule has 1 heterocycles. The SMILES string of the molecule is Cn1c(SCCCBr)n[nH]c1=O. The van der Waals surface area contributed by atoms with E-state index in [9.17, 15) is 4.79 Å². The van der Waals surface area contributed by atoms with Gasteiger partial charge in [0.1, 0.15) is 0 Å². The van der Waals surface area contributed by atoms with Crippen LogP contribution in [0.1, 0.15) is 6.42 Å². The lowest BCUT2D eigenvalue weighted by Crippen LogP contribution is -2.12. The molecular weight excluding hydrogens is 242 g/mol. The Bertz CT molecular complexity index is 295. The van der Waals surface area contributed by atoms with E-state index in [0.717, 1.165) is 22.7 Å². The first kappa shape index (κ1) is 9.85. The molecule has 0 aromatic carbocycles. The summed E-state index contributed by atoms with van der Waals surface area (Å²) in [6, 6.07) is 0. The van der Waals surface area contributed by atoms with Crippen molar-refractivity contribution in [1.29, 1.82) is 0 Å². The maximum atomic E-state index is 10.9. The minimum absolute atomic E-state index is 0.156. The zero-order valence-electron chi connectivity index (χ0n) is 6.71. The third-order valence-electron chi connectivity index (χ3n) is 1.35. The van der Waals surface area contributed by atoms with Crippen molar-refractivity contribution in [2.24, 2.45) is 7.05 Å². The molecule has 0 saturated carbocycles. The van der Waals surface area contributed by atoms with Crippen molar-refractivity contribution in [2.75, 3.05) is 11.1 Å². The van der Waals surface area contributed by atoms with Gasteiger partial charge >= 0.3 is 5.69 Å². The van der Waals surface area contributed by atoms with Crippen LogP contribution in [0.3, 0.4) is 0 Å². The third-order valence-corrected chi connectivity index (χ3v) is 3.02. The first-order valence-corrected chi connectivity index (χ1v) is 5.66. The van der Waals surface area contributed by atoms with Gasteiger partial charge in [-0.25, -0.2) is 9.89 Å². The van der Waals surface area contributed by atoms with Gasteiger partial charge in [0.25, 0.3) is 0 Å². The average molecular weight is 252 g/mol. The Labute approximate surface area is 82.9 Å². The number of alkyl halides is 1. The molecule has 0 saturated heterocycles. The zero-order chi connectivity index (χ0) is 8.97. The standard InChI is InChI=1S/C6H10BrN3OS/c1-10-5(11)8-9-6(10)12-4-2-3-7/h2-4H2,1H3,(H,8,11). The molecule has 68 valence electrons. The van der Waals surface area contributed by atoms with Crippen LogP contribution >= 0.6 is 27.7 Å². The molecule has 0 unspecified atom stereocenters. The van der Waals surface area contributed by atoms with Gasteiger partial charge in [0, 0.05) is 18.1 Å². The first-order chi connectivity index (χ1) is 5.75. The van der Waals surface area contributed by atoms with E-state index in [1.165, 1.54) is 4.57 Å². The molecule has 0 atom stereocenters. The second-order valence-electron chi connectivity index (χ2n) is 2.26. The predicted molar refractivity (Wildman–Crippen MR) is 53.0 cm³/mol. The highest BCUT2D eigenvalue weighted by molar-refractivity contribution is 9.09. The van der Waals surface area contributed by atoms with Crippen LogP contribution in [0.4, 0.5) is 0 Å². The summed E-state index contributed by atoms with van der Waals surface area (Å²) in [7, 11) is 1.71. The van der Waals surface area contributed by atoms with Crippen molar-refractivity contribution in [1.82, 2.24) is 14.8 Å². The van der Waals surface area contributed by atoms with E-state index in [1.807, 2.05) is 0 Å². The zero-order valence-corrected chi connectivity index (χ0v) is 9.11. The number of halogens is 1. The van der Waals surface area contributed by atoms with Gasteiger partial charge in [-0.05, 0) is 6.42 Å². The number of thioether (sulfide) groups is 1. The Morgan fingerprint density at radius 3 is 3.00 bits per heavy atom. The van der Waals surface area contributed by atoms with Crippen molar-refractivity contribution in [2.45, 2.75) is 11.6 Å². The van der Waals surface area contributed by atoms with Crippen molar-refractivity contribution in [3.63, 3.8) is 0 Å². The molecule has 0 aliphatic rings. The molecule has 0 amide bonds. The molecule has 1 N–H and O–H groups in total. The number of hydrogen-bond donors (Lipinski definition) is 1. The number of aromatic nitrogens is 3. The van der Waals surface area contributed by atoms with Crippen LogP contribution in [0.5, 0.6) is 0 Å². The summed E-state index contributed by atoms with van der Waals surface area (Å²) in [5.41, 5.74) is -0.156. The smallest absolute Gasteiger partial charge is 0.273 e. The first-order valence-electron chi connectivity index (χ1n) is 3.56. The van der Waals surface area contributed by atoms with E-state index in [-0.39, 0.29) is 5.69 Å². The van der Waals surface area contributed by atoms with Gasteiger partial charge in [-0.1, -0.05) is 27.7 Å². The molecule has 0 aliphatic carbocycles. The van der Waals surface area contributed by atoms with E-state index >= 15 is 0 Å². The summed E-state index contributed by atoms with van der Waals surface area (Å²) >= 11 is 4.92. The lowest BCUT2D eigenvalue weighted by Gasteiger charge is -1.96. The van der Waals surface area contributed by atoms with E-state index < -0.39 is 0 Å². The number of H-pyrrole nitrogens is 1. The summed E-state index contributed by atoms with van der Waals surface area (Å²) in [4.78, 5) is 10.9. The van der Waals surface area contributed by atoms with Crippen molar-refractivity contribution in [3.8, 4) is 0 Å². The monoisotopic (exact) mass is 251 g/mol. The minimum atomic E-state index is -0.156. The van der Waals surface area contributed by atoms with E-state index in [1.54, 1.807) is 18.8 Å². The maximum absolute atomic E-state index is 10.9. The number of hydrogen-bond acceptors (Lipinski definition) is 3. The second kappa shape index (κ2) is 4.71. The van der Waals surface area contributed by atoms with Crippen molar-refractivity contribution < 1.29 is 0 Å². The fourth-order valence-corrected chi connectivity index (χ4v) is 2.19.